The van der Waals surface area contributed by atoms with E-state index < -0.39 is 0 Å². The minimum atomic E-state index is 0.353. The van der Waals surface area contributed by atoms with E-state index in [0.29, 0.717) is 17.6 Å². The average molecular weight is 297 g/mol. The van der Waals surface area contributed by atoms with E-state index in [4.69, 9.17) is 4.74 Å². The predicted octanol–water partition coefficient (Wildman–Crippen LogP) is 6.46. The highest BCUT2D eigenvalue weighted by Crippen LogP contribution is 2.40. The van der Waals surface area contributed by atoms with E-state index in [2.05, 4.69) is 48.5 Å². The summed E-state index contributed by atoms with van der Waals surface area (Å²) in [6.07, 6.45) is 9.98. The lowest BCUT2D eigenvalue weighted by Gasteiger charge is -2.43. The van der Waals surface area contributed by atoms with E-state index in [1.165, 1.54) is 44.9 Å². The van der Waals surface area contributed by atoms with Crippen molar-refractivity contribution in [3.05, 3.63) is 0 Å². The molecule has 4 unspecified atom stereocenters. The Balaban J connectivity index is 2.74. The molecule has 126 valence electrons. The third-order valence-corrected chi connectivity index (χ3v) is 5.96. The van der Waals surface area contributed by atoms with Gasteiger partial charge in [0.2, 0.25) is 0 Å². The topological polar surface area (TPSA) is 9.23 Å². The molecule has 0 aromatic heterocycles. The van der Waals surface area contributed by atoms with Gasteiger partial charge in [0, 0.05) is 0 Å². The molecule has 0 amide bonds. The van der Waals surface area contributed by atoms with Gasteiger partial charge in [-0.1, -0.05) is 60.8 Å². The van der Waals surface area contributed by atoms with Gasteiger partial charge in [-0.3, -0.25) is 0 Å². The monoisotopic (exact) mass is 296 g/mol. The predicted molar refractivity (Wildman–Crippen MR) is 93.6 cm³/mol. The van der Waals surface area contributed by atoms with Crippen LogP contribution in [0, 0.1) is 23.2 Å². The molecular weight excluding hydrogens is 256 g/mol. The van der Waals surface area contributed by atoms with Gasteiger partial charge in [0.25, 0.3) is 0 Å². The fourth-order valence-electron chi connectivity index (χ4n) is 4.37. The Bertz CT molecular complexity index is 278. The molecule has 1 heteroatoms. The Kier molecular flexibility index (Phi) is 7.74. The van der Waals surface area contributed by atoms with Gasteiger partial charge in [-0.05, 0) is 55.8 Å². The molecule has 0 spiro atoms. The van der Waals surface area contributed by atoms with Gasteiger partial charge >= 0.3 is 0 Å². The Labute approximate surface area is 134 Å². The zero-order valence-electron chi connectivity index (χ0n) is 15.7. The van der Waals surface area contributed by atoms with E-state index in [1.54, 1.807) is 0 Å². The first-order chi connectivity index (χ1) is 9.84. The quantitative estimate of drug-likeness (QED) is 0.499. The summed E-state index contributed by atoms with van der Waals surface area (Å²) in [4.78, 5) is 0. The van der Waals surface area contributed by atoms with Crippen LogP contribution < -0.4 is 0 Å². The van der Waals surface area contributed by atoms with Gasteiger partial charge in [0.1, 0.15) is 0 Å². The van der Waals surface area contributed by atoms with Crippen molar-refractivity contribution >= 4 is 0 Å². The Morgan fingerprint density at radius 2 is 1.62 bits per heavy atom. The number of hydrogen-bond acceptors (Lipinski definition) is 1. The molecule has 0 N–H and O–H groups in total. The van der Waals surface area contributed by atoms with Crippen LogP contribution in [0.25, 0.3) is 0 Å². The molecule has 0 radical (unpaired) electrons. The molecule has 21 heavy (non-hydrogen) atoms. The molecule has 0 aromatic carbocycles. The second-order valence-corrected chi connectivity index (χ2v) is 8.30. The molecule has 1 saturated carbocycles. The zero-order chi connectivity index (χ0) is 16.0. The molecule has 1 nitrogen and oxygen atoms in total. The van der Waals surface area contributed by atoms with Crippen molar-refractivity contribution in [3.8, 4) is 0 Å². The Hall–Kier alpha value is -0.0400. The standard InChI is InChI=1S/C20H40O/c1-8-12-20(7,13-9-2)17(6)21-19-14-16(5)10-11-18(19)15(3)4/h15-19H,8-14H2,1-7H3. The first-order valence-electron chi connectivity index (χ1n) is 9.49. The summed E-state index contributed by atoms with van der Waals surface area (Å²) in [5.74, 6) is 2.34. The summed E-state index contributed by atoms with van der Waals surface area (Å²) in [6, 6.07) is 0. The van der Waals surface area contributed by atoms with E-state index in [1.807, 2.05) is 0 Å². The SMILES string of the molecule is CCCC(C)(CCC)C(C)OC1CC(C)CCC1C(C)C. The van der Waals surface area contributed by atoms with Gasteiger partial charge in [-0.25, -0.2) is 0 Å². The number of ether oxygens (including phenoxy) is 1. The van der Waals surface area contributed by atoms with E-state index >= 15 is 0 Å². The van der Waals surface area contributed by atoms with E-state index in [-0.39, 0.29) is 0 Å². The van der Waals surface area contributed by atoms with Crippen molar-refractivity contribution in [1.29, 1.82) is 0 Å². The minimum Gasteiger partial charge on any atom is -0.374 e. The summed E-state index contributed by atoms with van der Waals surface area (Å²) in [6.45, 7) is 16.5. The maximum atomic E-state index is 6.71. The fourth-order valence-corrected chi connectivity index (χ4v) is 4.37. The highest BCUT2D eigenvalue weighted by molar-refractivity contribution is 4.86. The van der Waals surface area contributed by atoms with Crippen LogP contribution in [0.5, 0.6) is 0 Å². The van der Waals surface area contributed by atoms with Crippen LogP contribution in [-0.4, -0.2) is 12.2 Å². The molecule has 1 rings (SSSR count). The lowest BCUT2D eigenvalue weighted by atomic mass is 9.74. The summed E-state index contributed by atoms with van der Waals surface area (Å²) >= 11 is 0. The van der Waals surface area contributed by atoms with Crippen LogP contribution in [0.15, 0.2) is 0 Å². The second kappa shape index (κ2) is 8.56. The Morgan fingerprint density at radius 1 is 1.05 bits per heavy atom. The van der Waals surface area contributed by atoms with Crippen LogP contribution in [0.2, 0.25) is 0 Å². The fraction of sp³-hybridized carbons (Fsp3) is 1.00. The molecule has 0 aliphatic heterocycles. The third kappa shape index (κ3) is 5.27. The van der Waals surface area contributed by atoms with E-state index in [0.717, 1.165) is 17.8 Å². The van der Waals surface area contributed by atoms with Crippen molar-refractivity contribution in [1.82, 2.24) is 0 Å². The summed E-state index contributed by atoms with van der Waals surface area (Å²) in [7, 11) is 0. The van der Waals surface area contributed by atoms with Gasteiger partial charge < -0.3 is 4.74 Å². The first-order valence-corrected chi connectivity index (χ1v) is 9.49. The minimum absolute atomic E-state index is 0.353. The van der Waals surface area contributed by atoms with Crippen molar-refractivity contribution in [2.45, 2.75) is 106 Å². The van der Waals surface area contributed by atoms with Crippen molar-refractivity contribution < 1.29 is 4.74 Å². The smallest absolute Gasteiger partial charge is 0.0612 e. The maximum absolute atomic E-state index is 6.71. The molecule has 1 fully saturated rings. The van der Waals surface area contributed by atoms with Crippen LogP contribution in [-0.2, 0) is 4.74 Å². The first kappa shape index (κ1) is 19.0. The summed E-state index contributed by atoms with van der Waals surface area (Å²) in [5.41, 5.74) is 0.353. The molecular formula is C20H40O. The molecule has 0 aromatic rings. The maximum Gasteiger partial charge on any atom is 0.0612 e. The zero-order valence-corrected chi connectivity index (χ0v) is 15.7. The molecule has 1 aliphatic carbocycles. The van der Waals surface area contributed by atoms with Gasteiger partial charge in [-0.2, -0.15) is 0 Å². The summed E-state index contributed by atoms with van der Waals surface area (Å²) < 4.78 is 6.71. The van der Waals surface area contributed by atoms with Crippen LogP contribution in [0.3, 0.4) is 0 Å². The van der Waals surface area contributed by atoms with Crippen LogP contribution in [0.4, 0.5) is 0 Å². The lowest BCUT2D eigenvalue weighted by molar-refractivity contribution is -0.120. The number of hydrogen-bond donors (Lipinski definition) is 0. The van der Waals surface area contributed by atoms with Gasteiger partial charge in [-0.15, -0.1) is 0 Å². The van der Waals surface area contributed by atoms with Crippen LogP contribution >= 0.6 is 0 Å². The van der Waals surface area contributed by atoms with Crippen LogP contribution in [0.1, 0.15) is 93.4 Å². The van der Waals surface area contributed by atoms with E-state index in [9.17, 15) is 0 Å². The number of rotatable bonds is 8. The normalized spacial score (nSPS) is 28.9. The third-order valence-electron chi connectivity index (χ3n) is 5.96. The van der Waals surface area contributed by atoms with Gasteiger partial charge in [0.15, 0.2) is 0 Å². The Morgan fingerprint density at radius 3 is 2.10 bits per heavy atom. The molecule has 0 bridgehead atoms. The highest BCUT2D eigenvalue weighted by atomic mass is 16.5. The lowest BCUT2D eigenvalue weighted by Crippen LogP contribution is -2.41. The molecule has 4 atom stereocenters. The largest absolute Gasteiger partial charge is 0.374 e. The second-order valence-electron chi connectivity index (χ2n) is 8.30. The summed E-state index contributed by atoms with van der Waals surface area (Å²) in [5, 5.41) is 0. The average Bonchev–Trinajstić information content (AvgIpc) is 2.38. The molecule has 0 saturated heterocycles. The molecule has 1 aliphatic rings. The van der Waals surface area contributed by atoms with Crippen molar-refractivity contribution in [2.75, 3.05) is 0 Å². The molecule has 0 heterocycles. The van der Waals surface area contributed by atoms with Crippen molar-refractivity contribution in [2.24, 2.45) is 23.2 Å². The highest BCUT2D eigenvalue weighted by Gasteiger charge is 2.37. The van der Waals surface area contributed by atoms with Crippen molar-refractivity contribution in [3.63, 3.8) is 0 Å². The van der Waals surface area contributed by atoms with Gasteiger partial charge in [0.05, 0.1) is 12.2 Å².